The van der Waals surface area contributed by atoms with Crippen LogP contribution in [0.1, 0.15) is 25.0 Å². The minimum Gasteiger partial charge on any atom is -0.456 e. The van der Waals surface area contributed by atoms with E-state index in [1.54, 1.807) is 0 Å². The van der Waals surface area contributed by atoms with Gasteiger partial charge in [0.25, 0.3) is 0 Å². The molecule has 0 fully saturated rings. The zero-order valence-electron chi connectivity index (χ0n) is 58.4. The first-order valence-corrected chi connectivity index (χ1v) is 39.8. The summed E-state index contributed by atoms with van der Waals surface area (Å²) in [5.74, 6) is 0. The molecule has 21 aromatic rings. The lowest BCUT2D eigenvalue weighted by molar-refractivity contribution is 0.660. The Kier molecular flexibility index (Phi) is 17.4. The van der Waals surface area contributed by atoms with Crippen molar-refractivity contribution in [3.63, 3.8) is 0 Å². The molecule has 0 saturated heterocycles. The zero-order valence-corrected chi connectivity index (χ0v) is 65.5. The molecule has 0 bridgehead atoms. The quantitative estimate of drug-likeness (QED) is 0.166. The van der Waals surface area contributed by atoms with Crippen molar-refractivity contribution in [2.75, 3.05) is 0 Å². The van der Waals surface area contributed by atoms with Gasteiger partial charge in [0.1, 0.15) is 44.7 Å². The maximum atomic E-state index is 6.38. The van der Waals surface area contributed by atoms with E-state index >= 15 is 0 Å². The number of thiophene rings is 1. The van der Waals surface area contributed by atoms with E-state index in [-0.39, 0.29) is 5.41 Å². The topological polar surface area (TPSA) is 52.6 Å². The number of furan rings is 4. The summed E-state index contributed by atoms with van der Waals surface area (Å²) in [6.07, 6.45) is 0. The highest BCUT2D eigenvalue weighted by Gasteiger charge is 2.35. The molecule has 0 aliphatic heterocycles. The molecule has 0 amide bonds. The van der Waals surface area contributed by atoms with Crippen LogP contribution in [0.2, 0.25) is 0 Å². The Morgan fingerprint density at radius 2 is 0.630 bits per heavy atom. The van der Waals surface area contributed by atoms with Crippen LogP contribution in [0, 0.1) is 0 Å². The number of hydrogen-bond acceptors (Lipinski definition) is 5. The smallest absolute Gasteiger partial charge is 0.136 e. The van der Waals surface area contributed by atoms with E-state index in [0.717, 1.165) is 106 Å². The van der Waals surface area contributed by atoms with Gasteiger partial charge in [-0.25, -0.2) is 0 Å². The lowest BCUT2D eigenvalue weighted by atomic mass is 9.82. The number of para-hydroxylation sites is 4. The van der Waals surface area contributed by atoms with E-state index in [1.807, 2.05) is 78.1 Å². The second kappa shape index (κ2) is 27.9. The largest absolute Gasteiger partial charge is 0.456 e. The average molecular weight is 1670 g/mol. The molecule has 0 radical (unpaired) electrons. The summed E-state index contributed by atoms with van der Waals surface area (Å²) >= 11 is 16.2. The molecular formula is C99H62Br4O4S. The standard InChI is InChI=1S/C33H23BrO.C24H13BrOS.C24H15BrO.C18H11BrO/c1-33(2)28-12-5-3-10-24(28)27-17-21(14-15-29(27)33)26-18-22(20-8-7-9-23(34)16-20)19-31-32(26)25-11-4-6-13-30(25)35-31;25-15-12-19(24-20(13-15)18-6-2-4-8-23(18)27-24)14-9-10-17-16-5-1-3-7-21(16)26-22(17)11-14;25-20-11-8-16(9-12-20)17-4-3-5-18(14-17)19-10-13-22-21-6-1-2-7-23(21)26-24(22)15-19;19-14-5-3-4-12(10-14)13-8-9-16-15-6-1-2-7-17(15)20-18(16)11-13/h3-19H,1-2H3;1-13H;1-15H;1-11H. The summed E-state index contributed by atoms with van der Waals surface area (Å²) in [5, 5.41) is 11.9. The van der Waals surface area contributed by atoms with Gasteiger partial charge in [-0.15, -0.1) is 11.3 Å². The first-order chi connectivity index (χ1) is 52.9. The van der Waals surface area contributed by atoms with E-state index in [9.17, 15) is 0 Å². The molecule has 16 aromatic carbocycles. The van der Waals surface area contributed by atoms with Gasteiger partial charge in [-0.1, -0.05) is 278 Å². The number of halogens is 4. The lowest BCUT2D eigenvalue weighted by Crippen LogP contribution is -2.14. The van der Waals surface area contributed by atoms with E-state index in [0.29, 0.717) is 0 Å². The third-order valence-electron chi connectivity index (χ3n) is 21.0. The van der Waals surface area contributed by atoms with Gasteiger partial charge < -0.3 is 17.7 Å². The number of hydrogen-bond donors (Lipinski definition) is 0. The van der Waals surface area contributed by atoms with Crippen molar-refractivity contribution < 1.29 is 17.7 Å². The lowest BCUT2D eigenvalue weighted by Gasteiger charge is -2.21. The molecule has 5 aromatic heterocycles. The first-order valence-electron chi connectivity index (χ1n) is 35.8. The van der Waals surface area contributed by atoms with Gasteiger partial charge in [-0.3, -0.25) is 0 Å². The molecule has 0 atom stereocenters. The Morgan fingerprint density at radius 1 is 0.222 bits per heavy atom. The Labute approximate surface area is 660 Å². The minimum atomic E-state index is 0.000276. The zero-order chi connectivity index (χ0) is 72.7. The van der Waals surface area contributed by atoms with Crippen molar-refractivity contribution in [1.82, 2.24) is 0 Å². The van der Waals surface area contributed by atoms with Gasteiger partial charge in [0, 0.05) is 92.1 Å². The molecule has 5 heterocycles. The fourth-order valence-corrected chi connectivity index (χ4v) is 18.4. The monoisotopic (exact) mass is 1660 g/mol. The summed E-state index contributed by atoms with van der Waals surface area (Å²) in [7, 11) is 0. The highest BCUT2D eigenvalue weighted by atomic mass is 79.9. The average Bonchev–Trinajstić information content (AvgIpc) is 1.57. The molecule has 9 heteroatoms. The van der Waals surface area contributed by atoms with Crippen LogP contribution in [-0.4, -0.2) is 0 Å². The van der Waals surface area contributed by atoms with Gasteiger partial charge in [-0.2, -0.15) is 0 Å². The van der Waals surface area contributed by atoms with Crippen molar-refractivity contribution in [3.05, 3.63) is 369 Å². The van der Waals surface area contributed by atoms with E-state index in [2.05, 4.69) is 351 Å². The van der Waals surface area contributed by atoms with Crippen molar-refractivity contribution >= 4 is 183 Å². The third kappa shape index (κ3) is 12.5. The molecule has 1 aliphatic rings. The van der Waals surface area contributed by atoms with Gasteiger partial charge in [-0.05, 0) is 223 Å². The molecular weight excluding hydrogens is 1600 g/mol. The summed E-state index contributed by atoms with van der Waals surface area (Å²) in [6.45, 7) is 4.65. The SMILES string of the molecule is Brc1cc(-c2ccc3c(c2)oc2ccccc23)c2sc3ccccc3c2c1.Brc1ccc(-c2cccc(-c3ccc4c(c3)oc3ccccc34)c2)cc1.Brc1cccc(-c2ccc3c(c2)oc2ccccc23)c1.CC1(C)c2ccccc2-c2cc(-c3cc(-c4cccc(Br)c4)cc4oc5ccccc5c34)ccc21. The fourth-order valence-electron chi connectivity index (χ4n) is 15.7. The molecule has 516 valence electrons. The minimum absolute atomic E-state index is 0.000276. The fraction of sp³-hybridized carbons (Fsp3) is 0.0303. The van der Waals surface area contributed by atoms with Crippen LogP contribution < -0.4 is 0 Å². The molecule has 22 rings (SSSR count). The van der Waals surface area contributed by atoms with E-state index in [4.69, 9.17) is 17.7 Å². The van der Waals surface area contributed by atoms with Crippen LogP contribution in [0.15, 0.2) is 375 Å². The Hall–Kier alpha value is -11.1. The van der Waals surface area contributed by atoms with Gasteiger partial charge in [0.15, 0.2) is 0 Å². The van der Waals surface area contributed by atoms with E-state index in [1.165, 1.54) is 108 Å². The Morgan fingerprint density at radius 3 is 1.23 bits per heavy atom. The van der Waals surface area contributed by atoms with Crippen LogP contribution in [0.4, 0.5) is 0 Å². The predicted octanol–water partition coefficient (Wildman–Crippen LogP) is 32.1. The molecule has 0 unspecified atom stereocenters. The maximum Gasteiger partial charge on any atom is 0.136 e. The summed E-state index contributed by atoms with van der Waals surface area (Å²) in [4.78, 5) is 0. The van der Waals surface area contributed by atoms with Crippen molar-refractivity contribution in [2.24, 2.45) is 0 Å². The van der Waals surface area contributed by atoms with E-state index < -0.39 is 0 Å². The highest BCUT2D eigenvalue weighted by molar-refractivity contribution is 9.11. The van der Waals surface area contributed by atoms with Crippen LogP contribution in [0.25, 0.3) is 186 Å². The summed E-state index contributed by atoms with van der Waals surface area (Å²) in [5.41, 5.74) is 27.2. The number of benzene rings is 16. The summed E-state index contributed by atoms with van der Waals surface area (Å²) in [6, 6.07) is 119. The Balaban J connectivity index is 0.0000000998. The molecule has 1 aliphatic carbocycles. The Bertz CT molecular complexity index is 7110. The number of rotatable bonds is 6. The van der Waals surface area contributed by atoms with Crippen LogP contribution in [0.5, 0.6) is 0 Å². The highest BCUT2D eigenvalue weighted by Crippen LogP contribution is 2.51. The molecule has 0 saturated carbocycles. The molecule has 0 N–H and O–H groups in total. The third-order valence-corrected chi connectivity index (χ3v) is 24.1. The van der Waals surface area contributed by atoms with Gasteiger partial charge in [0.2, 0.25) is 0 Å². The van der Waals surface area contributed by atoms with Crippen molar-refractivity contribution in [1.29, 1.82) is 0 Å². The van der Waals surface area contributed by atoms with Gasteiger partial charge in [0.05, 0.1) is 0 Å². The normalized spacial score (nSPS) is 12.2. The summed E-state index contributed by atoms with van der Waals surface area (Å²) < 4.78 is 31.4. The van der Waals surface area contributed by atoms with Gasteiger partial charge >= 0.3 is 0 Å². The second-order valence-electron chi connectivity index (χ2n) is 27.9. The maximum absolute atomic E-state index is 6.38. The van der Waals surface area contributed by atoms with Crippen molar-refractivity contribution in [3.8, 4) is 77.9 Å². The second-order valence-corrected chi connectivity index (χ2v) is 32.6. The first kappa shape index (κ1) is 67.5. The predicted molar refractivity (Wildman–Crippen MR) is 469 cm³/mol. The van der Waals surface area contributed by atoms with Crippen LogP contribution in [0.3, 0.4) is 0 Å². The molecule has 4 nitrogen and oxygen atoms in total. The van der Waals surface area contributed by atoms with Crippen LogP contribution in [-0.2, 0) is 5.41 Å². The molecule has 108 heavy (non-hydrogen) atoms. The number of fused-ring (bicyclic) bond motifs is 18. The van der Waals surface area contributed by atoms with Crippen LogP contribution >= 0.6 is 75.1 Å². The molecule has 0 spiro atoms. The van der Waals surface area contributed by atoms with Crippen molar-refractivity contribution in [2.45, 2.75) is 19.3 Å².